The number of nitrogens with one attached hydrogen (secondary N) is 3. The molecule has 0 amide bonds. The van der Waals surface area contributed by atoms with E-state index in [2.05, 4.69) is 15.0 Å². The minimum atomic E-state index is 0. The zero-order valence-corrected chi connectivity index (χ0v) is 22.7. The minimum absolute atomic E-state index is 0. The first-order chi connectivity index (χ1) is 17.9. The number of H-pyrrole nitrogens is 3. The van der Waals surface area contributed by atoms with Crippen molar-refractivity contribution >= 4 is 0 Å². The van der Waals surface area contributed by atoms with Gasteiger partial charge in [0.15, 0.2) is 55.8 Å². The summed E-state index contributed by atoms with van der Waals surface area (Å²) in [7, 11) is 0. The van der Waals surface area contributed by atoms with Crippen LogP contribution in [0.4, 0.5) is 0 Å². The maximum atomic E-state index is 3.15. The van der Waals surface area contributed by atoms with E-state index < -0.39 is 0 Å². The van der Waals surface area contributed by atoms with Gasteiger partial charge in [0, 0.05) is 54.6 Å². The van der Waals surface area contributed by atoms with Crippen LogP contribution < -0.4 is 28.7 Å². The Kier molecular flexibility index (Phi) is 12.3. The number of aromatic nitrogens is 6. The molecule has 6 aromatic heterocycles. The predicted octanol–water partition coefficient (Wildman–Crippen LogP) is 2.33. The van der Waals surface area contributed by atoms with Crippen LogP contribution in [0.2, 0.25) is 0 Å². The van der Waals surface area contributed by atoms with Crippen molar-refractivity contribution in [3.05, 3.63) is 165 Å². The molecule has 0 fully saturated rings. The molecule has 0 aliphatic carbocycles. The standard InChI is InChI=1S/3C10H9N2.Eu/c3*1-4-8-12(9-5-1)10-6-2-3-7-11-10;/h3*1-9H;/q3*+1;+3/p+3. The maximum absolute atomic E-state index is 3.15. The number of aromatic amines is 3. The third-order valence-corrected chi connectivity index (χ3v) is 5.06. The fourth-order valence-electron chi connectivity index (χ4n) is 3.31. The Hall–Kier alpha value is -3.52. The van der Waals surface area contributed by atoms with Gasteiger partial charge in [0.25, 0.3) is 0 Å². The van der Waals surface area contributed by atoms with Crippen molar-refractivity contribution in [3.8, 4) is 17.5 Å². The van der Waals surface area contributed by atoms with Crippen molar-refractivity contribution in [1.82, 2.24) is 0 Å². The second kappa shape index (κ2) is 16.3. The first kappa shape index (κ1) is 28.1. The SMILES string of the molecule is [Eu+3].c1cc[n+](-c2cccc[nH+]2)cc1.c1cc[n+](-c2cccc[nH+]2)cc1.c1cc[n+](-c2cccc[nH+]2)cc1. The molecule has 6 aromatic rings. The molecule has 178 valence electrons. The van der Waals surface area contributed by atoms with Crippen LogP contribution in [0.1, 0.15) is 0 Å². The van der Waals surface area contributed by atoms with Gasteiger partial charge in [-0.1, -0.05) is 18.2 Å². The van der Waals surface area contributed by atoms with E-state index in [9.17, 15) is 0 Å². The van der Waals surface area contributed by atoms with E-state index in [1.807, 2.05) is 179 Å². The van der Waals surface area contributed by atoms with E-state index in [-0.39, 0.29) is 49.4 Å². The van der Waals surface area contributed by atoms with Gasteiger partial charge in [0.05, 0.1) is 18.2 Å². The van der Waals surface area contributed by atoms with E-state index in [1.165, 1.54) is 0 Å². The Morgan fingerprint density at radius 3 is 0.811 bits per heavy atom. The molecule has 7 heteroatoms. The van der Waals surface area contributed by atoms with E-state index in [1.54, 1.807) is 0 Å². The van der Waals surface area contributed by atoms with Crippen LogP contribution in [0, 0.1) is 49.4 Å². The summed E-state index contributed by atoms with van der Waals surface area (Å²) in [5.41, 5.74) is 0. The zero-order chi connectivity index (χ0) is 24.7. The Morgan fingerprint density at radius 1 is 0.324 bits per heavy atom. The molecule has 0 radical (unpaired) electrons. The van der Waals surface area contributed by atoms with Gasteiger partial charge in [-0.05, 0) is 18.2 Å². The third kappa shape index (κ3) is 9.46. The molecular weight excluding hydrogens is 596 g/mol. The molecule has 0 aliphatic rings. The van der Waals surface area contributed by atoms with Gasteiger partial charge < -0.3 is 0 Å². The average Bonchev–Trinajstić information content (AvgIpc) is 3.01. The number of hydrogen-bond acceptors (Lipinski definition) is 0. The second-order valence-corrected chi connectivity index (χ2v) is 7.59. The number of nitrogens with zero attached hydrogens (tertiary/aromatic N) is 3. The van der Waals surface area contributed by atoms with Crippen LogP contribution >= 0.6 is 0 Å². The predicted molar refractivity (Wildman–Crippen MR) is 134 cm³/mol. The molecular formula is C30H30EuN6+9. The van der Waals surface area contributed by atoms with Crippen LogP contribution in [0.3, 0.4) is 0 Å². The van der Waals surface area contributed by atoms with Gasteiger partial charge in [-0.3, -0.25) is 0 Å². The van der Waals surface area contributed by atoms with Crippen LogP contribution in [-0.4, -0.2) is 0 Å². The van der Waals surface area contributed by atoms with Gasteiger partial charge in [0.1, 0.15) is 0 Å². The zero-order valence-electron chi connectivity index (χ0n) is 20.3. The Bertz CT molecular complexity index is 1100. The van der Waals surface area contributed by atoms with E-state index >= 15 is 0 Å². The molecule has 0 bridgehead atoms. The van der Waals surface area contributed by atoms with Gasteiger partial charge >= 0.3 is 66.8 Å². The van der Waals surface area contributed by atoms with Gasteiger partial charge in [-0.15, -0.1) is 13.7 Å². The topological polar surface area (TPSA) is 54.1 Å². The van der Waals surface area contributed by atoms with Crippen LogP contribution in [-0.2, 0) is 0 Å². The molecule has 6 rings (SSSR count). The number of hydrogen-bond donors (Lipinski definition) is 0. The van der Waals surface area contributed by atoms with E-state index in [0.29, 0.717) is 0 Å². The quantitative estimate of drug-likeness (QED) is 0.271. The summed E-state index contributed by atoms with van der Waals surface area (Å²) in [6.07, 6.45) is 17.8. The summed E-state index contributed by atoms with van der Waals surface area (Å²) in [6, 6.07) is 36.0. The fraction of sp³-hybridized carbons (Fsp3) is 0. The molecule has 0 saturated carbocycles. The van der Waals surface area contributed by atoms with Crippen LogP contribution in [0.25, 0.3) is 17.5 Å². The summed E-state index contributed by atoms with van der Waals surface area (Å²) in [4.78, 5) is 9.44. The third-order valence-electron chi connectivity index (χ3n) is 5.06. The first-order valence-electron chi connectivity index (χ1n) is 11.7. The minimum Gasteiger partial charge on any atom is -0.155 e. The summed E-state index contributed by atoms with van der Waals surface area (Å²) in [5.74, 6) is 3.20. The second-order valence-electron chi connectivity index (χ2n) is 7.59. The van der Waals surface area contributed by atoms with Crippen molar-refractivity contribution < 1.29 is 78.0 Å². The van der Waals surface area contributed by atoms with E-state index in [4.69, 9.17) is 0 Å². The summed E-state index contributed by atoms with van der Waals surface area (Å²) < 4.78 is 6.08. The van der Waals surface area contributed by atoms with Gasteiger partial charge in [-0.2, -0.15) is 15.0 Å². The van der Waals surface area contributed by atoms with Crippen LogP contribution in [0.5, 0.6) is 0 Å². The molecule has 3 N–H and O–H groups in total. The largest absolute Gasteiger partial charge is 3.00 e. The van der Waals surface area contributed by atoms with Crippen molar-refractivity contribution in [1.29, 1.82) is 0 Å². The molecule has 0 spiro atoms. The smallest absolute Gasteiger partial charge is 0.155 e. The average molecular weight is 627 g/mol. The van der Waals surface area contributed by atoms with Crippen molar-refractivity contribution in [2.45, 2.75) is 0 Å². The van der Waals surface area contributed by atoms with Crippen molar-refractivity contribution in [2.24, 2.45) is 0 Å². The first-order valence-corrected chi connectivity index (χ1v) is 11.7. The molecule has 6 nitrogen and oxygen atoms in total. The maximum Gasteiger partial charge on any atom is 3.00 e. The van der Waals surface area contributed by atoms with Gasteiger partial charge in [-0.25, -0.2) is 0 Å². The molecule has 37 heavy (non-hydrogen) atoms. The Morgan fingerprint density at radius 2 is 0.595 bits per heavy atom. The summed E-state index contributed by atoms with van der Waals surface area (Å²) >= 11 is 0. The van der Waals surface area contributed by atoms with Crippen molar-refractivity contribution in [3.63, 3.8) is 0 Å². The summed E-state index contributed by atoms with van der Waals surface area (Å²) in [5, 5.41) is 0. The Labute approximate surface area is 258 Å². The van der Waals surface area contributed by atoms with E-state index in [0.717, 1.165) is 17.5 Å². The molecule has 0 saturated heterocycles. The van der Waals surface area contributed by atoms with Crippen LogP contribution in [0.15, 0.2) is 165 Å². The van der Waals surface area contributed by atoms with Gasteiger partial charge in [0.2, 0.25) is 0 Å². The number of pyridine rings is 6. The normalized spacial score (nSPS) is 9.41. The Balaban J connectivity index is 0.000000152. The summed E-state index contributed by atoms with van der Waals surface area (Å²) in [6.45, 7) is 0. The molecule has 0 unspecified atom stereocenters. The molecule has 0 aliphatic heterocycles. The molecule has 0 atom stereocenters. The molecule has 6 heterocycles. The fourth-order valence-corrected chi connectivity index (χ4v) is 3.31. The van der Waals surface area contributed by atoms with Crippen molar-refractivity contribution in [2.75, 3.05) is 0 Å². The number of rotatable bonds is 3. The monoisotopic (exact) mass is 627 g/mol. The molecule has 0 aromatic carbocycles.